The third-order valence-corrected chi connectivity index (χ3v) is 8.34. The van der Waals surface area contributed by atoms with Gasteiger partial charge >= 0.3 is 5.97 Å². The van der Waals surface area contributed by atoms with E-state index in [1.54, 1.807) is 0 Å². The Morgan fingerprint density at radius 2 is 1.19 bits per heavy atom. The Morgan fingerprint density at radius 3 is 1.50 bits per heavy atom. The van der Waals surface area contributed by atoms with Gasteiger partial charge in [0.05, 0.1) is 12.0 Å². The van der Waals surface area contributed by atoms with Crippen LogP contribution in [-0.2, 0) is 4.79 Å². The summed E-state index contributed by atoms with van der Waals surface area (Å²) in [5.74, 6) is -0.763. The zero-order chi connectivity index (χ0) is 24.3. The molecule has 0 aromatic carbocycles. The van der Waals surface area contributed by atoms with Crippen molar-refractivity contribution in [3.63, 3.8) is 0 Å². The Hall–Kier alpha value is -0.610. The number of aliphatic carboxylic acids is 1. The number of aliphatic hydroxyl groups excluding tert-OH is 1. The molecule has 3 N–H and O–H groups in total. The van der Waals surface area contributed by atoms with Gasteiger partial charge in [0, 0.05) is 11.1 Å². The quantitative estimate of drug-likeness (QED) is 0.190. The summed E-state index contributed by atoms with van der Waals surface area (Å²) < 4.78 is 0. The van der Waals surface area contributed by atoms with E-state index in [0.29, 0.717) is 6.42 Å². The Morgan fingerprint density at radius 1 is 0.781 bits per heavy atom. The zero-order valence-corrected chi connectivity index (χ0v) is 22.3. The van der Waals surface area contributed by atoms with Crippen LogP contribution in [0.2, 0.25) is 0 Å². The highest BCUT2D eigenvalue weighted by Gasteiger charge is 2.60. The Bertz CT molecular complexity index is 531. The second-order valence-corrected chi connectivity index (χ2v) is 11.8. The summed E-state index contributed by atoms with van der Waals surface area (Å²) in [6.45, 7) is 12.6. The Kier molecular flexibility index (Phi) is 12.8. The number of hydrogen-bond acceptors (Lipinski definition) is 3. The third kappa shape index (κ3) is 8.31. The maximum Gasteiger partial charge on any atom is 0.312 e. The van der Waals surface area contributed by atoms with Gasteiger partial charge < -0.3 is 15.5 Å². The van der Waals surface area contributed by atoms with E-state index in [4.69, 9.17) is 0 Å². The number of carbonyl (C=O) groups is 1. The zero-order valence-electron chi connectivity index (χ0n) is 22.3. The van der Waals surface area contributed by atoms with Gasteiger partial charge in [0.1, 0.15) is 0 Å². The van der Waals surface area contributed by atoms with Crippen LogP contribution in [0.5, 0.6) is 0 Å². The van der Waals surface area contributed by atoms with Crippen LogP contribution in [0.1, 0.15) is 138 Å². The minimum atomic E-state index is -1.07. The number of rotatable bonds is 18. The fourth-order valence-corrected chi connectivity index (χ4v) is 6.51. The predicted octanol–water partition coefficient (Wildman–Crippen LogP) is 7.33. The molecule has 190 valence electrons. The molecule has 0 aliphatic carbocycles. The minimum absolute atomic E-state index is 0.102. The van der Waals surface area contributed by atoms with Crippen LogP contribution >= 0.6 is 0 Å². The lowest BCUT2D eigenvalue weighted by Crippen LogP contribution is -2.53. The molecule has 3 unspecified atom stereocenters. The molecule has 0 saturated carbocycles. The van der Waals surface area contributed by atoms with E-state index in [9.17, 15) is 15.0 Å². The van der Waals surface area contributed by atoms with Crippen LogP contribution in [0, 0.1) is 17.3 Å². The summed E-state index contributed by atoms with van der Waals surface area (Å²) in [6, 6.07) is 0. The number of carboxylic acids is 1. The number of hydrogen-bond donors (Lipinski definition) is 3. The van der Waals surface area contributed by atoms with Crippen molar-refractivity contribution in [3.8, 4) is 0 Å². The highest BCUT2D eigenvalue weighted by molar-refractivity contribution is 5.75. The van der Waals surface area contributed by atoms with Crippen molar-refractivity contribution in [1.82, 2.24) is 5.32 Å². The largest absolute Gasteiger partial charge is 0.481 e. The van der Waals surface area contributed by atoms with Gasteiger partial charge in [-0.2, -0.15) is 0 Å². The maximum absolute atomic E-state index is 12.5. The SMILES string of the molecule is CCCCCCCCCCCCCCCCC(CO)(C(=O)O)C1C(C)C(C)(C)NC1(C)C. The number of nitrogens with one attached hydrogen (secondary N) is 1. The molecule has 1 aliphatic rings. The van der Waals surface area contributed by atoms with Crippen LogP contribution < -0.4 is 5.32 Å². The first-order valence-corrected chi connectivity index (χ1v) is 13.7. The fourth-order valence-electron chi connectivity index (χ4n) is 6.51. The lowest BCUT2D eigenvalue weighted by Gasteiger charge is -2.43. The van der Waals surface area contributed by atoms with Gasteiger partial charge in [-0.3, -0.25) is 4.79 Å². The molecule has 3 atom stereocenters. The van der Waals surface area contributed by atoms with Crippen molar-refractivity contribution >= 4 is 5.97 Å². The van der Waals surface area contributed by atoms with Crippen molar-refractivity contribution in [2.24, 2.45) is 17.3 Å². The first kappa shape index (κ1) is 29.4. The molecular formula is C28H55NO3. The maximum atomic E-state index is 12.5. The first-order chi connectivity index (χ1) is 15.0. The van der Waals surface area contributed by atoms with Crippen LogP contribution in [0.15, 0.2) is 0 Å². The van der Waals surface area contributed by atoms with Gasteiger partial charge in [0.2, 0.25) is 0 Å². The van der Waals surface area contributed by atoms with Gasteiger partial charge in [-0.25, -0.2) is 0 Å². The molecule has 0 aromatic heterocycles. The second kappa shape index (κ2) is 13.9. The molecule has 1 saturated heterocycles. The smallest absolute Gasteiger partial charge is 0.312 e. The average Bonchev–Trinajstić information content (AvgIpc) is 2.88. The van der Waals surface area contributed by atoms with Crippen molar-refractivity contribution in [1.29, 1.82) is 0 Å². The van der Waals surface area contributed by atoms with Crippen LogP contribution in [-0.4, -0.2) is 33.9 Å². The molecule has 1 rings (SSSR count). The van der Waals surface area contributed by atoms with Crippen LogP contribution in [0.3, 0.4) is 0 Å². The number of aliphatic hydroxyl groups is 1. The molecule has 4 heteroatoms. The molecule has 32 heavy (non-hydrogen) atoms. The normalized spacial score (nSPS) is 23.8. The molecule has 1 heterocycles. The van der Waals surface area contributed by atoms with Gasteiger partial charge in [0.15, 0.2) is 0 Å². The summed E-state index contributed by atoms with van der Waals surface area (Å²) in [7, 11) is 0. The van der Waals surface area contributed by atoms with Crippen molar-refractivity contribution in [2.75, 3.05) is 6.61 Å². The summed E-state index contributed by atoms with van der Waals surface area (Å²) in [6.07, 6.45) is 18.6. The van der Waals surface area contributed by atoms with Gasteiger partial charge in [0.25, 0.3) is 0 Å². The summed E-state index contributed by atoms with van der Waals surface area (Å²) in [5, 5.41) is 24.2. The van der Waals surface area contributed by atoms with Crippen LogP contribution in [0.4, 0.5) is 0 Å². The molecular weight excluding hydrogens is 398 g/mol. The van der Waals surface area contributed by atoms with E-state index in [-0.39, 0.29) is 29.5 Å². The molecule has 4 nitrogen and oxygen atoms in total. The van der Waals surface area contributed by atoms with E-state index >= 15 is 0 Å². The van der Waals surface area contributed by atoms with E-state index in [2.05, 4.69) is 46.9 Å². The van der Waals surface area contributed by atoms with Crippen molar-refractivity contribution in [3.05, 3.63) is 0 Å². The van der Waals surface area contributed by atoms with Gasteiger partial charge in [-0.05, 0) is 46.0 Å². The van der Waals surface area contributed by atoms with Gasteiger partial charge in [-0.1, -0.05) is 104 Å². The fraction of sp³-hybridized carbons (Fsp3) is 0.964. The first-order valence-electron chi connectivity index (χ1n) is 13.7. The highest BCUT2D eigenvalue weighted by Crippen LogP contribution is 2.52. The Labute approximate surface area is 199 Å². The standard InChI is InChI=1S/C28H55NO3/c1-7-8-9-10-11-12-13-14-15-16-17-18-19-20-21-28(22-30,25(31)32)24-23(2)26(3,4)29-27(24,5)6/h23-24,29-30H,7-22H2,1-6H3,(H,31,32). The Balaban J connectivity index is 2.34. The summed E-state index contributed by atoms with van der Waals surface area (Å²) in [5.41, 5.74) is -1.53. The molecule has 0 radical (unpaired) electrons. The van der Waals surface area contributed by atoms with E-state index in [1.807, 2.05) is 0 Å². The average molecular weight is 454 g/mol. The van der Waals surface area contributed by atoms with Crippen molar-refractivity contribution in [2.45, 2.75) is 149 Å². The number of unbranched alkanes of at least 4 members (excludes halogenated alkanes) is 13. The molecule has 0 aromatic rings. The predicted molar refractivity (Wildman–Crippen MR) is 136 cm³/mol. The van der Waals surface area contributed by atoms with E-state index < -0.39 is 11.4 Å². The molecule has 1 aliphatic heterocycles. The van der Waals surface area contributed by atoms with Crippen molar-refractivity contribution < 1.29 is 15.0 Å². The third-order valence-electron chi connectivity index (χ3n) is 8.34. The monoisotopic (exact) mass is 453 g/mol. The lowest BCUT2D eigenvalue weighted by molar-refractivity contribution is -0.160. The van der Waals surface area contributed by atoms with Gasteiger partial charge in [-0.15, -0.1) is 0 Å². The molecule has 0 amide bonds. The summed E-state index contributed by atoms with van der Waals surface area (Å²) in [4.78, 5) is 12.5. The number of carboxylic acid groups (broad SMARTS) is 1. The van der Waals surface area contributed by atoms with E-state index in [1.165, 1.54) is 77.0 Å². The molecule has 0 spiro atoms. The van der Waals surface area contributed by atoms with E-state index in [0.717, 1.165) is 12.8 Å². The summed E-state index contributed by atoms with van der Waals surface area (Å²) >= 11 is 0. The topological polar surface area (TPSA) is 69.6 Å². The minimum Gasteiger partial charge on any atom is -0.481 e. The molecule has 0 bridgehead atoms. The second-order valence-electron chi connectivity index (χ2n) is 11.8. The molecule has 1 fully saturated rings. The van der Waals surface area contributed by atoms with Crippen LogP contribution in [0.25, 0.3) is 0 Å². The highest BCUT2D eigenvalue weighted by atomic mass is 16.4. The lowest BCUT2D eigenvalue weighted by atomic mass is 9.60.